The summed E-state index contributed by atoms with van der Waals surface area (Å²) in [5.41, 5.74) is 5.71. The van der Waals surface area contributed by atoms with Crippen LogP contribution in [-0.4, -0.2) is 12.2 Å². The molecule has 4 nitrogen and oxygen atoms in total. The molecule has 0 atom stereocenters. The fraction of sp³-hybridized carbons (Fsp3) is 0.300. The van der Waals surface area contributed by atoms with Gasteiger partial charge in [0.05, 0.1) is 11.8 Å². The molecule has 0 aromatic heterocycles. The van der Waals surface area contributed by atoms with Gasteiger partial charge < -0.3 is 10.5 Å². The third-order valence-corrected chi connectivity index (χ3v) is 1.57. The molecular formula is C10H13FN2O2. The summed E-state index contributed by atoms with van der Waals surface area (Å²) in [6.07, 6.45) is -0.935. The van der Waals surface area contributed by atoms with Crippen molar-refractivity contribution in [2.24, 2.45) is 0 Å². The van der Waals surface area contributed by atoms with Gasteiger partial charge in [-0.1, -0.05) is 0 Å². The van der Waals surface area contributed by atoms with E-state index in [4.69, 9.17) is 10.5 Å². The summed E-state index contributed by atoms with van der Waals surface area (Å²) in [6.45, 7) is 3.41. The van der Waals surface area contributed by atoms with E-state index in [1.165, 1.54) is 12.1 Å². The highest BCUT2D eigenvalue weighted by atomic mass is 19.1. The van der Waals surface area contributed by atoms with E-state index in [9.17, 15) is 9.18 Å². The molecule has 15 heavy (non-hydrogen) atoms. The zero-order chi connectivity index (χ0) is 11.4. The Bertz CT molecular complexity index is 366. The summed E-state index contributed by atoms with van der Waals surface area (Å²) in [5.74, 6) is -0.587. The first-order valence-corrected chi connectivity index (χ1v) is 4.51. The lowest BCUT2D eigenvalue weighted by Gasteiger charge is -2.10. The lowest BCUT2D eigenvalue weighted by molar-refractivity contribution is 0.130. The second-order valence-electron chi connectivity index (χ2n) is 3.32. The van der Waals surface area contributed by atoms with Crippen LogP contribution in [0, 0.1) is 5.82 Å². The first-order chi connectivity index (χ1) is 6.99. The Kier molecular flexibility index (Phi) is 3.49. The Balaban J connectivity index is 2.68. The zero-order valence-corrected chi connectivity index (χ0v) is 8.58. The van der Waals surface area contributed by atoms with E-state index in [1.54, 1.807) is 13.8 Å². The van der Waals surface area contributed by atoms with E-state index < -0.39 is 11.9 Å². The zero-order valence-electron chi connectivity index (χ0n) is 8.58. The predicted molar refractivity (Wildman–Crippen MR) is 56.1 cm³/mol. The van der Waals surface area contributed by atoms with Crippen molar-refractivity contribution in [2.45, 2.75) is 20.0 Å². The highest BCUT2D eigenvalue weighted by molar-refractivity contribution is 5.85. The molecule has 0 aliphatic heterocycles. The Morgan fingerprint density at radius 1 is 1.53 bits per heavy atom. The van der Waals surface area contributed by atoms with Crippen LogP contribution in [0.3, 0.4) is 0 Å². The van der Waals surface area contributed by atoms with Crippen molar-refractivity contribution in [1.29, 1.82) is 0 Å². The average Bonchev–Trinajstić information content (AvgIpc) is 2.08. The second kappa shape index (κ2) is 4.63. The fourth-order valence-electron chi connectivity index (χ4n) is 0.986. The van der Waals surface area contributed by atoms with E-state index >= 15 is 0 Å². The Labute approximate surface area is 87.2 Å². The molecular weight excluding hydrogens is 199 g/mol. The summed E-state index contributed by atoms with van der Waals surface area (Å²) in [7, 11) is 0. The summed E-state index contributed by atoms with van der Waals surface area (Å²) in [6, 6.07) is 4.01. The molecule has 1 aromatic carbocycles. The fourth-order valence-corrected chi connectivity index (χ4v) is 0.986. The average molecular weight is 212 g/mol. The predicted octanol–water partition coefficient (Wildman–Crippen LogP) is 2.36. The lowest BCUT2D eigenvalue weighted by atomic mass is 10.3. The maximum Gasteiger partial charge on any atom is 0.411 e. The topological polar surface area (TPSA) is 64.3 Å². The van der Waals surface area contributed by atoms with Gasteiger partial charge in [0.25, 0.3) is 0 Å². The standard InChI is InChI=1S/C10H13FN2O2/c1-6(2)15-10(14)13-9-4-3-7(12)5-8(9)11/h3-6H,12H2,1-2H3,(H,13,14). The van der Waals surface area contributed by atoms with Gasteiger partial charge in [-0.05, 0) is 32.0 Å². The number of carbonyl (C=O) groups excluding carboxylic acids is 1. The molecule has 0 spiro atoms. The van der Waals surface area contributed by atoms with Gasteiger partial charge in [0.15, 0.2) is 0 Å². The highest BCUT2D eigenvalue weighted by Gasteiger charge is 2.08. The third kappa shape index (κ3) is 3.46. The molecule has 0 saturated heterocycles. The summed E-state index contributed by atoms with van der Waals surface area (Å²) in [4.78, 5) is 11.1. The molecule has 82 valence electrons. The van der Waals surface area contributed by atoms with Gasteiger partial charge in [0.2, 0.25) is 0 Å². The van der Waals surface area contributed by atoms with Gasteiger partial charge in [0.1, 0.15) is 5.82 Å². The molecule has 0 saturated carbocycles. The van der Waals surface area contributed by atoms with Crippen molar-refractivity contribution in [3.63, 3.8) is 0 Å². The number of ether oxygens (including phenoxy) is 1. The molecule has 1 amide bonds. The first kappa shape index (κ1) is 11.3. The minimum atomic E-state index is -0.686. The smallest absolute Gasteiger partial charge is 0.411 e. The number of hydrogen-bond acceptors (Lipinski definition) is 3. The van der Waals surface area contributed by atoms with E-state index in [0.29, 0.717) is 5.69 Å². The number of amides is 1. The number of nitrogen functional groups attached to an aromatic ring is 1. The number of rotatable bonds is 2. The molecule has 0 aliphatic carbocycles. The summed E-state index contributed by atoms with van der Waals surface area (Å²) >= 11 is 0. The normalized spacial score (nSPS) is 10.1. The number of anilines is 2. The van der Waals surface area contributed by atoms with Crippen LogP contribution in [0.25, 0.3) is 0 Å². The number of hydrogen-bond donors (Lipinski definition) is 2. The van der Waals surface area contributed by atoms with E-state index in [1.807, 2.05) is 0 Å². The summed E-state index contributed by atoms with van der Waals surface area (Å²) < 4.78 is 18.0. The van der Waals surface area contributed by atoms with Gasteiger partial charge in [-0.25, -0.2) is 9.18 Å². The van der Waals surface area contributed by atoms with Crippen molar-refractivity contribution in [1.82, 2.24) is 0 Å². The maximum absolute atomic E-state index is 13.2. The van der Waals surface area contributed by atoms with Gasteiger partial charge >= 0.3 is 6.09 Å². The molecule has 0 bridgehead atoms. The minimum Gasteiger partial charge on any atom is -0.447 e. The van der Waals surface area contributed by atoms with Crippen molar-refractivity contribution in [3.8, 4) is 0 Å². The maximum atomic E-state index is 13.2. The van der Waals surface area contributed by atoms with Crippen LogP contribution in [0.4, 0.5) is 20.6 Å². The lowest BCUT2D eigenvalue weighted by Crippen LogP contribution is -2.18. The molecule has 0 heterocycles. The number of benzene rings is 1. The number of carbonyl (C=O) groups is 1. The van der Waals surface area contributed by atoms with Crippen LogP contribution >= 0.6 is 0 Å². The van der Waals surface area contributed by atoms with Gasteiger partial charge in [-0.3, -0.25) is 5.32 Å². The molecule has 0 unspecified atom stereocenters. The van der Waals surface area contributed by atoms with Crippen LogP contribution in [0.1, 0.15) is 13.8 Å². The Morgan fingerprint density at radius 2 is 2.20 bits per heavy atom. The van der Waals surface area contributed by atoms with Crippen molar-refractivity contribution >= 4 is 17.5 Å². The van der Waals surface area contributed by atoms with Crippen LogP contribution < -0.4 is 11.1 Å². The van der Waals surface area contributed by atoms with Gasteiger partial charge in [0, 0.05) is 5.69 Å². The Morgan fingerprint density at radius 3 is 2.73 bits per heavy atom. The highest BCUT2D eigenvalue weighted by Crippen LogP contribution is 2.17. The van der Waals surface area contributed by atoms with Gasteiger partial charge in [-0.2, -0.15) is 0 Å². The molecule has 0 aliphatic rings. The van der Waals surface area contributed by atoms with Crippen LogP contribution in [0.2, 0.25) is 0 Å². The third-order valence-electron chi connectivity index (χ3n) is 1.57. The van der Waals surface area contributed by atoms with Crippen molar-refractivity contribution in [2.75, 3.05) is 11.1 Å². The number of nitrogens with one attached hydrogen (secondary N) is 1. The van der Waals surface area contributed by atoms with Crippen LogP contribution in [0.5, 0.6) is 0 Å². The van der Waals surface area contributed by atoms with Crippen LogP contribution in [0.15, 0.2) is 18.2 Å². The van der Waals surface area contributed by atoms with Crippen molar-refractivity contribution in [3.05, 3.63) is 24.0 Å². The molecule has 0 radical (unpaired) electrons. The van der Waals surface area contributed by atoms with Crippen LogP contribution in [-0.2, 0) is 4.74 Å². The number of nitrogens with two attached hydrogens (primary N) is 1. The monoisotopic (exact) mass is 212 g/mol. The van der Waals surface area contributed by atoms with E-state index in [-0.39, 0.29) is 11.8 Å². The molecule has 1 aromatic rings. The SMILES string of the molecule is CC(C)OC(=O)Nc1ccc(N)cc1F. The van der Waals surface area contributed by atoms with E-state index in [2.05, 4.69) is 5.32 Å². The molecule has 5 heteroatoms. The van der Waals surface area contributed by atoms with E-state index in [0.717, 1.165) is 6.07 Å². The first-order valence-electron chi connectivity index (χ1n) is 4.51. The van der Waals surface area contributed by atoms with Crippen molar-refractivity contribution < 1.29 is 13.9 Å². The largest absolute Gasteiger partial charge is 0.447 e. The second-order valence-corrected chi connectivity index (χ2v) is 3.32. The quantitative estimate of drug-likeness (QED) is 0.739. The van der Waals surface area contributed by atoms with Gasteiger partial charge in [-0.15, -0.1) is 0 Å². The minimum absolute atomic E-state index is 0.0508. The summed E-state index contributed by atoms with van der Waals surface area (Å²) in [5, 5.41) is 2.28. The molecule has 3 N–H and O–H groups in total. The number of halogens is 1. The molecule has 0 fully saturated rings. The molecule has 1 rings (SSSR count). The Hall–Kier alpha value is -1.78.